The summed E-state index contributed by atoms with van der Waals surface area (Å²) in [5, 5.41) is 32.3. The van der Waals surface area contributed by atoms with E-state index in [1.54, 1.807) is 25.3 Å². The summed E-state index contributed by atoms with van der Waals surface area (Å²) in [7, 11) is 1.76. The smallest absolute Gasteiger partial charge is 0.163 e. The molecule has 1 aromatic carbocycles. The molecule has 0 saturated heterocycles. The second-order valence-corrected chi connectivity index (χ2v) is 3.46. The number of nitriles is 3. The number of benzene rings is 1. The van der Waals surface area contributed by atoms with Gasteiger partial charge in [-0.2, -0.15) is 15.8 Å². The minimum Gasteiger partial charge on any atom is -0.386 e. The topological polar surface area (TPSA) is 95.4 Å². The zero-order chi connectivity index (χ0) is 13.5. The van der Waals surface area contributed by atoms with Gasteiger partial charge in [-0.05, 0) is 18.6 Å². The van der Waals surface area contributed by atoms with E-state index in [4.69, 9.17) is 15.8 Å². The zero-order valence-electron chi connectivity index (χ0n) is 10.1. The molecule has 0 bridgehead atoms. The molecular formula is C13H11N5. The lowest BCUT2D eigenvalue weighted by Gasteiger charge is -2.13. The van der Waals surface area contributed by atoms with Crippen molar-refractivity contribution in [1.82, 2.24) is 0 Å². The molecular weight excluding hydrogens is 226 g/mol. The largest absolute Gasteiger partial charge is 0.386 e. The van der Waals surface area contributed by atoms with E-state index < -0.39 is 0 Å². The fourth-order valence-corrected chi connectivity index (χ4v) is 1.52. The standard InChI is InChI=1S/C13H11N5/c1-9-4-3-5-11(13(9)17-2)18-12(8-16)10(6-14)7-15/h3-5,17-18H,1-2H3. The number of aryl methyl sites for hydroxylation is 1. The maximum Gasteiger partial charge on any atom is 0.163 e. The third-order valence-electron chi connectivity index (χ3n) is 2.37. The SMILES string of the molecule is CNc1c(C)cccc1NC(C#N)=C(C#N)C#N. The average molecular weight is 237 g/mol. The summed E-state index contributed by atoms with van der Waals surface area (Å²) in [6, 6.07) is 10.7. The maximum atomic E-state index is 8.96. The molecule has 0 atom stereocenters. The molecule has 1 rings (SSSR count). The summed E-state index contributed by atoms with van der Waals surface area (Å²) in [5.74, 6) is 0. The highest BCUT2D eigenvalue weighted by Gasteiger charge is 2.09. The predicted octanol–water partition coefficient (Wildman–Crippen LogP) is 2.27. The van der Waals surface area contributed by atoms with Crippen molar-refractivity contribution < 1.29 is 0 Å². The molecule has 88 valence electrons. The van der Waals surface area contributed by atoms with Crippen LogP contribution in [0.15, 0.2) is 29.5 Å². The van der Waals surface area contributed by atoms with E-state index in [1.807, 2.05) is 25.1 Å². The minimum absolute atomic E-state index is 0.0536. The first-order valence-corrected chi connectivity index (χ1v) is 5.16. The van der Waals surface area contributed by atoms with Crippen LogP contribution in [0, 0.1) is 40.9 Å². The maximum absolute atomic E-state index is 8.96. The lowest BCUT2D eigenvalue weighted by atomic mass is 10.1. The molecule has 0 unspecified atom stereocenters. The zero-order valence-corrected chi connectivity index (χ0v) is 10.1. The number of anilines is 2. The van der Waals surface area contributed by atoms with Gasteiger partial charge in [-0.15, -0.1) is 0 Å². The van der Waals surface area contributed by atoms with E-state index in [0.717, 1.165) is 11.3 Å². The van der Waals surface area contributed by atoms with Gasteiger partial charge in [-0.25, -0.2) is 0 Å². The number of rotatable bonds is 3. The predicted molar refractivity (Wildman–Crippen MR) is 68.2 cm³/mol. The Labute approximate surface area is 106 Å². The van der Waals surface area contributed by atoms with Crippen LogP contribution in [0.1, 0.15) is 5.56 Å². The third-order valence-corrected chi connectivity index (χ3v) is 2.37. The van der Waals surface area contributed by atoms with Crippen LogP contribution < -0.4 is 10.6 Å². The fraction of sp³-hybridized carbons (Fsp3) is 0.154. The number of allylic oxidation sites excluding steroid dienone is 2. The van der Waals surface area contributed by atoms with Crippen LogP contribution >= 0.6 is 0 Å². The van der Waals surface area contributed by atoms with E-state index in [1.165, 1.54) is 0 Å². The van der Waals surface area contributed by atoms with Crippen molar-refractivity contribution in [1.29, 1.82) is 15.8 Å². The lowest BCUT2D eigenvalue weighted by molar-refractivity contribution is 1.34. The van der Waals surface area contributed by atoms with Crippen LogP contribution in [0.5, 0.6) is 0 Å². The van der Waals surface area contributed by atoms with Crippen LogP contribution in [-0.4, -0.2) is 7.05 Å². The van der Waals surface area contributed by atoms with Gasteiger partial charge in [-0.3, -0.25) is 0 Å². The van der Waals surface area contributed by atoms with Crippen molar-refractivity contribution in [2.24, 2.45) is 0 Å². The Hall–Kier alpha value is -2.97. The fourth-order valence-electron chi connectivity index (χ4n) is 1.52. The number of para-hydroxylation sites is 1. The van der Waals surface area contributed by atoms with Gasteiger partial charge in [0.05, 0.1) is 11.4 Å². The molecule has 1 aromatic rings. The highest BCUT2D eigenvalue weighted by atomic mass is 14.9. The van der Waals surface area contributed by atoms with Crippen molar-refractivity contribution in [3.63, 3.8) is 0 Å². The normalized spacial score (nSPS) is 8.39. The van der Waals surface area contributed by atoms with Gasteiger partial charge < -0.3 is 10.6 Å². The van der Waals surface area contributed by atoms with Crippen LogP contribution in [0.2, 0.25) is 0 Å². The molecule has 0 heterocycles. The molecule has 5 nitrogen and oxygen atoms in total. The molecule has 0 fully saturated rings. The molecule has 0 saturated carbocycles. The van der Waals surface area contributed by atoms with E-state index in [2.05, 4.69) is 10.6 Å². The summed E-state index contributed by atoms with van der Waals surface area (Å²) >= 11 is 0. The van der Waals surface area contributed by atoms with Gasteiger partial charge in [0, 0.05) is 7.05 Å². The molecule has 0 aliphatic heterocycles. The Morgan fingerprint density at radius 2 is 1.78 bits per heavy atom. The molecule has 0 spiro atoms. The summed E-state index contributed by atoms with van der Waals surface area (Å²) < 4.78 is 0. The first-order valence-electron chi connectivity index (χ1n) is 5.16. The second-order valence-electron chi connectivity index (χ2n) is 3.46. The molecule has 0 amide bonds. The molecule has 5 heteroatoms. The van der Waals surface area contributed by atoms with Crippen molar-refractivity contribution in [2.45, 2.75) is 6.92 Å². The molecule has 0 aliphatic rings. The highest BCUT2D eigenvalue weighted by molar-refractivity contribution is 5.75. The quantitative estimate of drug-likeness (QED) is 0.786. The van der Waals surface area contributed by atoms with E-state index >= 15 is 0 Å². The Morgan fingerprint density at radius 1 is 1.11 bits per heavy atom. The number of nitrogens with zero attached hydrogens (tertiary/aromatic N) is 3. The average Bonchev–Trinajstić information content (AvgIpc) is 2.39. The van der Waals surface area contributed by atoms with Crippen LogP contribution in [0.3, 0.4) is 0 Å². The van der Waals surface area contributed by atoms with Crippen LogP contribution in [0.25, 0.3) is 0 Å². The Balaban J connectivity index is 3.25. The minimum atomic E-state index is -0.235. The van der Waals surface area contributed by atoms with Crippen molar-refractivity contribution in [3.05, 3.63) is 35.0 Å². The van der Waals surface area contributed by atoms with Crippen molar-refractivity contribution >= 4 is 11.4 Å². The van der Waals surface area contributed by atoms with Gasteiger partial charge in [0.15, 0.2) is 5.57 Å². The molecule has 2 N–H and O–H groups in total. The second kappa shape index (κ2) is 5.94. The van der Waals surface area contributed by atoms with E-state index in [9.17, 15) is 0 Å². The Morgan fingerprint density at radius 3 is 2.28 bits per heavy atom. The monoisotopic (exact) mass is 237 g/mol. The number of hydrogen-bond donors (Lipinski definition) is 2. The summed E-state index contributed by atoms with van der Waals surface area (Å²) in [6.07, 6.45) is 0. The number of nitrogens with one attached hydrogen (secondary N) is 2. The Bertz CT molecular complexity index is 592. The van der Waals surface area contributed by atoms with Gasteiger partial charge in [0.2, 0.25) is 0 Å². The number of hydrogen-bond acceptors (Lipinski definition) is 5. The molecule has 0 aliphatic carbocycles. The van der Waals surface area contributed by atoms with Crippen molar-refractivity contribution in [3.8, 4) is 18.2 Å². The Kier molecular flexibility index (Phi) is 4.32. The highest BCUT2D eigenvalue weighted by Crippen LogP contribution is 2.26. The van der Waals surface area contributed by atoms with Gasteiger partial charge >= 0.3 is 0 Å². The molecule has 0 radical (unpaired) electrons. The third kappa shape index (κ3) is 2.58. The molecule has 18 heavy (non-hydrogen) atoms. The van der Waals surface area contributed by atoms with Crippen molar-refractivity contribution in [2.75, 3.05) is 17.7 Å². The first kappa shape index (κ1) is 13.1. The molecule has 0 aromatic heterocycles. The summed E-state index contributed by atoms with van der Waals surface area (Å²) in [5.41, 5.74) is 2.18. The first-order chi connectivity index (χ1) is 8.67. The van der Waals surface area contributed by atoms with Crippen LogP contribution in [0.4, 0.5) is 11.4 Å². The van der Waals surface area contributed by atoms with E-state index in [-0.39, 0.29) is 11.3 Å². The van der Waals surface area contributed by atoms with Gasteiger partial charge in [0.25, 0.3) is 0 Å². The van der Waals surface area contributed by atoms with Gasteiger partial charge in [-0.1, -0.05) is 12.1 Å². The van der Waals surface area contributed by atoms with Gasteiger partial charge in [0.1, 0.15) is 23.9 Å². The lowest BCUT2D eigenvalue weighted by Crippen LogP contribution is -2.04. The summed E-state index contributed by atoms with van der Waals surface area (Å²) in [4.78, 5) is 0. The van der Waals surface area contributed by atoms with E-state index in [0.29, 0.717) is 5.69 Å². The van der Waals surface area contributed by atoms with Crippen LogP contribution in [-0.2, 0) is 0 Å². The summed E-state index contributed by atoms with van der Waals surface area (Å²) in [6.45, 7) is 1.92.